The van der Waals surface area contributed by atoms with Crippen LogP contribution in [0.5, 0.6) is 5.75 Å². The molecule has 0 radical (unpaired) electrons. The molecule has 2 aliphatic rings. The van der Waals surface area contributed by atoms with Crippen molar-refractivity contribution in [1.82, 2.24) is 9.62 Å². The number of hydrogen-bond acceptors (Lipinski definition) is 10. The summed E-state index contributed by atoms with van der Waals surface area (Å²) in [5.41, 5.74) is 12.5. The summed E-state index contributed by atoms with van der Waals surface area (Å²) in [4.78, 5) is 13.2. The van der Waals surface area contributed by atoms with Crippen molar-refractivity contribution in [2.45, 2.75) is 69.0 Å². The van der Waals surface area contributed by atoms with Gasteiger partial charge in [-0.2, -0.15) is 4.31 Å². The minimum atomic E-state index is -4.00. The van der Waals surface area contributed by atoms with E-state index in [4.69, 9.17) is 30.4 Å². The smallest absolute Gasteiger partial charge is 0.407 e. The van der Waals surface area contributed by atoms with Gasteiger partial charge in [-0.3, -0.25) is 0 Å². The third-order valence-electron chi connectivity index (χ3n) is 7.71. The summed E-state index contributed by atoms with van der Waals surface area (Å²) in [5, 5.41) is 14.3. The number of carbonyl (C=O) groups excluding carboxylic acids is 1. The highest BCUT2D eigenvalue weighted by molar-refractivity contribution is 7.89. The fourth-order valence-corrected chi connectivity index (χ4v) is 7.08. The number of unbranched alkanes of at least 4 members (excludes halogenated alkanes) is 1. The first-order valence-corrected chi connectivity index (χ1v) is 16.7. The van der Waals surface area contributed by atoms with Crippen molar-refractivity contribution >= 4 is 21.8 Å². The molecule has 2 aliphatic heterocycles. The molecule has 5 unspecified atom stereocenters. The van der Waals surface area contributed by atoms with E-state index < -0.39 is 34.4 Å². The zero-order valence-electron chi connectivity index (χ0n) is 25.5. The number of aliphatic hydroxyl groups is 1. The van der Waals surface area contributed by atoms with Crippen LogP contribution in [0, 0.1) is 11.8 Å². The highest BCUT2D eigenvalue weighted by Gasteiger charge is 2.44. The molecule has 6 N–H and O–H groups in total. The van der Waals surface area contributed by atoms with Crippen LogP contribution in [0.2, 0.25) is 0 Å². The van der Waals surface area contributed by atoms with Gasteiger partial charge in [-0.25, -0.2) is 13.2 Å². The van der Waals surface area contributed by atoms with Gasteiger partial charge in [-0.15, -0.1) is 0 Å². The predicted octanol–water partition coefficient (Wildman–Crippen LogP) is 2.49. The van der Waals surface area contributed by atoms with E-state index >= 15 is 0 Å². The second-order valence-electron chi connectivity index (χ2n) is 11.8. The second kappa shape index (κ2) is 15.9. The number of carbonyl (C=O) groups is 1. The Kier molecular flexibility index (Phi) is 12.2. The monoisotopic (exact) mass is 634 g/mol. The van der Waals surface area contributed by atoms with Crippen molar-refractivity contribution < 1.29 is 37.3 Å². The molecule has 0 aliphatic carbocycles. The molecule has 4 rings (SSSR count). The highest BCUT2D eigenvalue weighted by atomic mass is 32.2. The maximum Gasteiger partial charge on any atom is 0.407 e. The maximum atomic E-state index is 13.7. The van der Waals surface area contributed by atoms with Crippen LogP contribution in [0.15, 0.2) is 53.4 Å². The van der Waals surface area contributed by atoms with Crippen LogP contribution < -0.4 is 21.5 Å². The quantitative estimate of drug-likeness (QED) is 0.159. The van der Waals surface area contributed by atoms with Crippen LogP contribution in [0.4, 0.5) is 10.5 Å². The molecule has 12 nitrogen and oxygen atoms in total. The SMILES string of the molecule is CC(C)CN(CC(O)C(Cc1ccc(OCCCCN)cc1)NC(=O)OC1COC2OCCC12)S(=O)(=O)c1cccc(N)c1. The van der Waals surface area contributed by atoms with Gasteiger partial charge in [0.15, 0.2) is 6.29 Å². The fraction of sp³-hybridized carbons (Fsp3) is 0.581. The van der Waals surface area contributed by atoms with Crippen LogP contribution in [-0.4, -0.2) is 87.9 Å². The van der Waals surface area contributed by atoms with Crippen LogP contribution in [0.1, 0.15) is 38.7 Å². The number of sulfonamides is 1. The summed E-state index contributed by atoms with van der Waals surface area (Å²) in [7, 11) is -4.00. The number of nitrogen functional groups attached to an aromatic ring is 1. The van der Waals surface area contributed by atoms with Gasteiger partial charge in [-0.05, 0) is 74.0 Å². The third-order valence-corrected chi connectivity index (χ3v) is 9.54. The standard InChI is InChI=1S/C31H46N4O8S/c1-21(2)18-35(44(38,39)25-7-5-6-23(33)17-25)19-28(36)27(16-22-8-10-24(11-9-22)40-14-4-3-13-32)34-31(37)43-29-20-42-30-26(29)12-15-41-30/h5-11,17,21,26-30,36H,3-4,12-16,18-20,32-33H2,1-2H3,(H,34,37). The molecule has 0 aromatic heterocycles. The van der Waals surface area contributed by atoms with Crippen LogP contribution in [-0.2, 0) is 30.7 Å². The average Bonchev–Trinajstić information content (AvgIpc) is 3.60. The molecule has 2 fully saturated rings. The Bertz CT molecular complexity index is 1310. The lowest BCUT2D eigenvalue weighted by Crippen LogP contribution is -2.51. The zero-order valence-corrected chi connectivity index (χ0v) is 26.3. The summed E-state index contributed by atoms with van der Waals surface area (Å²) in [6.07, 6.45) is -0.179. The van der Waals surface area contributed by atoms with E-state index in [2.05, 4.69) is 5.32 Å². The van der Waals surface area contributed by atoms with E-state index in [1.165, 1.54) is 16.4 Å². The molecule has 2 aromatic carbocycles. The number of aliphatic hydroxyl groups excluding tert-OH is 1. The normalized spacial score (nSPS) is 21.3. The minimum Gasteiger partial charge on any atom is -0.494 e. The number of benzene rings is 2. The first-order chi connectivity index (χ1) is 21.1. The number of hydrogen-bond donors (Lipinski definition) is 4. The van der Waals surface area contributed by atoms with E-state index in [1.807, 2.05) is 38.1 Å². The Morgan fingerprint density at radius 1 is 1.14 bits per heavy atom. The molecular formula is C31H46N4O8S. The van der Waals surface area contributed by atoms with Gasteiger partial charge in [0.2, 0.25) is 10.0 Å². The van der Waals surface area contributed by atoms with Crippen molar-refractivity contribution in [2.24, 2.45) is 17.6 Å². The minimum absolute atomic E-state index is 0.0317. The molecule has 2 aromatic rings. The molecule has 5 atom stereocenters. The molecule has 244 valence electrons. The lowest BCUT2D eigenvalue weighted by molar-refractivity contribution is -0.0907. The summed E-state index contributed by atoms with van der Waals surface area (Å²) >= 11 is 0. The van der Waals surface area contributed by atoms with Crippen LogP contribution in [0.3, 0.4) is 0 Å². The van der Waals surface area contributed by atoms with Gasteiger partial charge >= 0.3 is 6.09 Å². The van der Waals surface area contributed by atoms with Crippen LogP contribution in [0.25, 0.3) is 0 Å². The third kappa shape index (κ3) is 9.29. The summed E-state index contributed by atoms with van der Waals surface area (Å²) in [6.45, 7) is 5.62. The number of anilines is 1. The van der Waals surface area contributed by atoms with E-state index in [-0.39, 0.29) is 49.1 Å². The van der Waals surface area contributed by atoms with Crippen molar-refractivity contribution in [3.63, 3.8) is 0 Å². The molecule has 0 bridgehead atoms. The van der Waals surface area contributed by atoms with Gasteiger partial charge < -0.3 is 40.8 Å². The van der Waals surface area contributed by atoms with Crippen LogP contribution >= 0.6 is 0 Å². The number of alkyl carbamates (subject to hydrolysis) is 1. The molecular weight excluding hydrogens is 588 g/mol. The number of nitrogens with zero attached hydrogens (tertiary/aromatic N) is 1. The van der Waals surface area contributed by atoms with Crippen molar-refractivity contribution in [1.29, 1.82) is 0 Å². The molecule has 2 heterocycles. The first-order valence-electron chi connectivity index (χ1n) is 15.2. The summed E-state index contributed by atoms with van der Waals surface area (Å²) < 4.78 is 51.1. The molecule has 13 heteroatoms. The Balaban J connectivity index is 1.50. The fourth-order valence-electron chi connectivity index (χ4n) is 5.40. The Morgan fingerprint density at radius 2 is 1.91 bits per heavy atom. The van der Waals surface area contributed by atoms with E-state index in [9.17, 15) is 18.3 Å². The number of nitrogens with two attached hydrogens (primary N) is 2. The van der Waals surface area contributed by atoms with Gasteiger partial charge in [0.05, 0.1) is 42.8 Å². The lowest BCUT2D eigenvalue weighted by atomic mass is 10.0. The van der Waals surface area contributed by atoms with Gasteiger partial charge in [0.25, 0.3) is 0 Å². The predicted molar refractivity (Wildman–Crippen MR) is 165 cm³/mol. The highest BCUT2D eigenvalue weighted by Crippen LogP contribution is 2.33. The molecule has 1 amide bonds. The lowest BCUT2D eigenvalue weighted by Gasteiger charge is -2.31. The second-order valence-corrected chi connectivity index (χ2v) is 13.7. The van der Waals surface area contributed by atoms with Crippen molar-refractivity contribution in [3.8, 4) is 5.75 Å². The molecule has 0 spiro atoms. The Morgan fingerprint density at radius 3 is 2.61 bits per heavy atom. The topological polar surface area (TPSA) is 176 Å². The Hall–Kier alpha value is -2.94. The van der Waals surface area contributed by atoms with Gasteiger partial charge in [-0.1, -0.05) is 32.0 Å². The summed E-state index contributed by atoms with van der Waals surface area (Å²) in [5.74, 6) is 0.614. The van der Waals surface area contributed by atoms with E-state index in [0.717, 1.165) is 24.8 Å². The number of amides is 1. The first kappa shape index (κ1) is 33.9. The van der Waals surface area contributed by atoms with Crippen molar-refractivity contribution in [2.75, 3.05) is 45.2 Å². The van der Waals surface area contributed by atoms with Crippen molar-refractivity contribution in [3.05, 3.63) is 54.1 Å². The molecule has 44 heavy (non-hydrogen) atoms. The number of ether oxygens (including phenoxy) is 4. The zero-order chi connectivity index (χ0) is 31.7. The molecule has 0 saturated carbocycles. The summed E-state index contributed by atoms with van der Waals surface area (Å²) in [6, 6.07) is 12.5. The Labute approximate surface area is 260 Å². The number of fused-ring (bicyclic) bond motifs is 1. The number of nitrogens with one attached hydrogen (secondary N) is 1. The molecule has 2 saturated heterocycles. The van der Waals surface area contributed by atoms with Gasteiger partial charge in [0.1, 0.15) is 11.9 Å². The number of rotatable bonds is 16. The van der Waals surface area contributed by atoms with E-state index in [1.54, 1.807) is 12.1 Å². The average molecular weight is 635 g/mol. The van der Waals surface area contributed by atoms with Gasteiger partial charge in [0, 0.05) is 18.8 Å². The van der Waals surface area contributed by atoms with E-state index in [0.29, 0.717) is 31.2 Å². The maximum absolute atomic E-state index is 13.7. The largest absolute Gasteiger partial charge is 0.494 e.